The molecule has 1 aromatic carbocycles. The third kappa shape index (κ3) is 15.7. The van der Waals surface area contributed by atoms with Gasteiger partial charge in [-0.15, -0.1) is 18.3 Å². The first-order chi connectivity index (χ1) is 19.8. The molecule has 14 heteroatoms. The molecule has 0 spiro atoms. The minimum atomic E-state index is -4.91. The zero-order valence-electron chi connectivity index (χ0n) is 25.7. The van der Waals surface area contributed by atoms with E-state index in [0.29, 0.717) is 25.7 Å². The highest BCUT2D eigenvalue weighted by Crippen LogP contribution is 2.30. The van der Waals surface area contributed by atoms with Crippen LogP contribution >= 0.6 is 12.2 Å². The van der Waals surface area contributed by atoms with Gasteiger partial charge in [-0.1, -0.05) is 71.7 Å². The molecule has 0 aromatic heterocycles. The van der Waals surface area contributed by atoms with Crippen LogP contribution in [-0.4, -0.2) is 68.1 Å². The summed E-state index contributed by atoms with van der Waals surface area (Å²) in [6.45, 7) is 9.68. The lowest BCUT2D eigenvalue weighted by atomic mass is 9.80. The van der Waals surface area contributed by atoms with Gasteiger partial charge in [0.05, 0.1) is 18.6 Å². The summed E-state index contributed by atoms with van der Waals surface area (Å²) < 4.78 is 46.3. The average Bonchev–Trinajstić information content (AvgIpc) is 2.95. The molecule has 0 bridgehead atoms. The first-order valence-electron chi connectivity index (χ1n) is 13.8. The molecule has 42 heavy (non-hydrogen) atoms. The quantitative estimate of drug-likeness (QED) is 0.133. The van der Waals surface area contributed by atoms with Gasteiger partial charge in [0, 0.05) is 5.56 Å². The minimum absolute atomic E-state index is 0.108. The van der Waals surface area contributed by atoms with Gasteiger partial charge >= 0.3 is 6.36 Å². The topological polar surface area (TPSA) is 130 Å². The number of alkyl halides is 3. The Morgan fingerprint density at radius 3 is 2.14 bits per heavy atom. The Labute approximate surface area is 252 Å². The molecule has 0 aliphatic heterocycles. The zero-order valence-corrected chi connectivity index (χ0v) is 26.6. The molecule has 1 aromatic rings. The van der Waals surface area contributed by atoms with Crippen molar-refractivity contribution >= 4 is 41.2 Å². The molecule has 1 saturated carbocycles. The lowest BCUT2D eigenvalue weighted by molar-refractivity contribution is -0.274. The van der Waals surface area contributed by atoms with Gasteiger partial charge in [-0.05, 0) is 52.1 Å². The number of ketones is 1. The van der Waals surface area contributed by atoms with E-state index in [4.69, 9.17) is 4.74 Å². The summed E-state index contributed by atoms with van der Waals surface area (Å²) in [5, 5.41) is 11.7. The number of nitrogens with one attached hydrogen (secondary N) is 4. The van der Waals surface area contributed by atoms with Crippen molar-refractivity contribution in [3.8, 4) is 5.75 Å². The Bertz CT molecular complexity index is 985. The summed E-state index contributed by atoms with van der Waals surface area (Å²) in [6, 6.07) is 3.51. The third-order valence-corrected chi connectivity index (χ3v) is 5.29. The lowest BCUT2D eigenvalue weighted by Gasteiger charge is -2.37. The van der Waals surface area contributed by atoms with Crippen LogP contribution in [0.3, 0.4) is 0 Å². The van der Waals surface area contributed by atoms with Crippen molar-refractivity contribution in [3.63, 3.8) is 0 Å². The smallest absolute Gasteiger partial charge is 0.477 e. The summed E-state index contributed by atoms with van der Waals surface area (Å²) in [5.74, 6) is -2.83. The monoisotopic (exact) mass is 621 g/mol. The van der Waals surface area contributed by atoms with Gasteiger partial charge < -0.3 is 25.4 Å². The zero-order chi connectivity index (χ0) is 32.8. The first kappa shape index (κ1) is 40.9. The van der Waals surface area contributed by atoms with E-state index < -0.39 is 41.3 Å². The molecule has 1 aliphatic rings. The van der Waals surface area contributed by atoms with Gasteiger partial charge in [0.2, 0.25) is 11.7 Å². The van der Waals surface area contributed by atoms with Gasteiger partial charge in [-0.3, -0.25) is 19.8 Å². The van der Waals surface area contributed by atoms with Gasteiger partial charge in [-0.25, -0.2) is 0 Å². The number of amides is 2. The highest BCUT2D eigenvalue weighted by Gasteiger charge is 2.42. The van der Waals surface area contributed by atoms with E-state index in [2.05, 4.69) is 57.3 Å². The fraction of sp³-hybridized carbons (Fsp3) is 0.607. The van der Waals surface area contributed by atoms with Gasteiger partial charge in [0.1, 0.15) is 11.3 Å². The van der Waals surface area contributed by atoms with Crippen molar-refractivity contribution in [2.45, 2.75) is 91.1 Å². The highest BCUT2D eigenvalue weighted by molar-refractivity contribution is 7.78. The van der Waals surface area contributed by atoms with Gasteiger partial charge in [0.25, 0.3) is 11.8 Å². The molecule has 0 saturated heterocycles. The van der Waals surface area contributed by atoms with E-state index in [0.717, 1.165) is 24.0 Å². The van der Waals surface area contributed by atoms with Crippen LogP contribution in [-0.2, 0) is 14.3 Å². The Balaban J connectivity index is 0. The molecule has 4 N–H and O–H groups in total. The van der Waals surface area contributed by atoms with Crippen molar-refractivity contribution in [1.82, 2.24) is 21.4 Å². The second-order valence-corrected chi connectivity index (χ2v) is 9.04. The van der Waals surface area contributed by atoms with Crippen molar-refractivity contribution in [3.05, 3.63) is 29.8 Å². The number of carbonyl (C=O) groups is 3. The number of benzene rings is 1. The lowest BCUT2D eigenvalue weighted by Crippen LogP contribution is -2.62. The van der Waals surface area contributed by atoms with Crippen molar-refractivity contribution in [1.29, 1.82) is 0 Å². The Morgan fingerprint density at radius 1 is 1.12 bits per heavy atom. The third-order valence-electron chi connectivity index (χ3n) is 5.19. The van der Waals surface area contributed by atoms with E-state index in [1.165, 1.54) is 32.6 Å². The van der Waals surface area contributed by atoms with E-state index >= 15 is 0 Å². The molecular formula is C28H46F3N5O5S. The van der Waals surface area contributed by atoms with E-state index in [9.17, 15) is 27.6 Å². The van der Waals surface area contributed by atoms with E-state index in [1.54, 1.807) is 0 Å². The Hall–Kier alpha value is -3.26. The first-order valence-corrected chi connectivity index (χ1v) is 14.2. The normalized spacial score (nSPS) is 14.4. The van der Waals surface area contributed by atoms with Crippen LogP contribution in [0.4, 0.5) is 13.2 Å². The molecule has 2 amide bonds. The predicted octanol–water partition coefficient (Wildman–Crippen LogP) is 4.88. The fourth-order valence-electron chi connectivity index (χ4n) is 3.56. The van der Waals surface area contributed by atoms with Crippen molar-refractivity contribution in [2.24, 2.45) is 5.10 Å². The van der Waals surface area contributed by atoms with Crippen LogP contribution in [0.15, 0.2) is 29.4 Å². The van der Waals surface area contributed by atoms with Crippen LogP contribution in [0.2, 0.25) is 0 Å². The number of carbonyl (C=O) groups excluding carboxylic acids is 3. The number of hydrogen-bond donors (Lipinski definition) is 4. The summed E-state index contributed by atoms with van der Waals surface area (Å²) in [5.41, 5.74) is 1.92. The number of hydrogen-bond acceptors (Lipinski definition) is 8. The summed E-state index contributed by atoms with van der Waals surface area (Å²) >= 11 is 4.57. The maximum Gasteiger partial charge on any atom is 0.573 e. The van der Waals surface area contributed by atoms with Gasteiger partial charge in [-0.2, -0.15) is 0 Å². The highest BCUT2D eigenvalue weighted by atomic mass is 32.1. The summed E-state index contributed by atoms with van der Waals surface area (Å²) in [7, 11) is 4.98. The molecule has 0 heterocycles. The minimum Gasteiger partial charge on any atom is -0.477 e. The molecule has 240 valence electrons. The standard InChI is InChI=1S/C21H25F3N4O5S.C3H8.C2H7N.C2H6/c1-13(16(29)18(32-2)28-25-12-34)26-19(31)20(9-4-3-5-10-20)27-17(30)14-7-6-8-15(11-14)33-21(22,23)24;2*1-3-2;1-2/h6-8,11-13H,3-5,9-10H2,1-2H3,(H,25,34)(H,26,31)(H,27,30);3H2,1-2H3;3H,1-2H3;1-2H3/b28-18-;;;. The second kappa shape index (κ2) is 22.4. The fourth-order valence-corrected chi connectivity index (χ4v) is 3.61. The van der Waals surface area contributed by atoms with Crippen molar-refractivity contribution < 1.29 is 37.0 Å². The van der Waals surface area contributed by atoms with Crippen LogP contribution in [0.5, 0.6) is 5.75 Å². The van der Waals surface area contributed by atoms with Crippen LogP contribution < -0.4 is 26.1 Å². The second-order valence-electron chi connectivity index (χ2n) is 8.81. The molecule has 2 rings (SSSR count). The number of hydrazone groups is 1. The maximum absolute atomic E-state index is 13.2. The molecule has 1 fully saturated rings. The number of rotatable bonds is 9. The predicted molar refractivity (Wildman–Crippen MR) is 163 cm³/mol. The average molecular weight is 622 g/mol. The molecule has 0 radical (unpaired) electrons. The number of thiocarbonyl (C=S) groups is 1. The summed E-state index contributed by atoms with van der Waals surface area (Å²) in [4.78, 5) is 38.6. The molecule has 1 aliphatic carbocycles. The number of Topliss-reactive ketones (excluding diaryl/α,β-unsaturated/α-hetero) is 1. The van der Waals surface area contributed by atoms with E-state index in [1.807, 2.05) is 27.9 Å². The number of ether oxygens (including phenoxy) is 2. The molecule has 10 nitrogen and oxygen atoms in total. The van der Waals surface area contributed by atoms with Crippen LogP contribution in [0.1, 0.15) is 83.5 Å². The van der Waals surface area contributed by atoms with Crippen LogP contribution in [0.25, 0.3) is 0 Å². The number of nitrogens with zero attached hydrogens (tertiary/aromatic N) is 1. The molecule has 1 unspecified atom stereocenters. The summed E-state index contributed by atoms with van der Waals surface area (Å²) in [6.07, 6.45) is -0.958. The molecule has 1 atom stereocenters. The van der Waals surface area contributed by atoms with E-state index in [-0.39, 0.29) is 11.5 Å². The van der Waals surface area contributed by atoms with Crippen molar-refractivity contribution in [2.75, 3.05) is 21.2 Å². The Kier molecular flexibility index (Phi) is 21.8. The number of methoxy groups -OCH3 is 1. The van der Waals surface area contributed by atoms with Crippen LogP contribution in [0, 0.1) is 0 Å². The maximum atomic E-state index is 13.2. The SMILES string of the molecule is CC.CCC.CNC.CO/C(=N\NC=S)C(=O)C(C)NC(=O)C1(NC(=O)c2cccc(OC(F)(F)F)c2)CCCCC1. The largest absolute Gasteiger partial charge is 0.573 e. The van der Waals surface area contributed by atoms with Gasteiger partial charge in [0.15, 0.2) is 0 Å². The Morgan fingerprint density at radius 2 is 1.67 bits per heavy atom. The number of halogens is 3. The molecular weight excluding hydrogens is 575 g/mol.